The van der Waals surface area contributed by atoms with Crippen LogP contribution < -0.4 is 10.2 Å². The van der Waals surface area contributed by atoms with Gasteiger partial charge in [0, 0.05) is 30.6 Å². The fourth-order valence-corrected chi connectivity index (χ4v) is 2.96. The SMILES string of the molecule is CC(C)(C)NCc1csc(N2CCn3cnnc3C2)n1. The Labute approximate surface area is 122 Å². The number of aromatic nitrogens is 4. The van der Waals surface area contributed by atoms with Crippen molar-refractivity contribution in [3.8, 4) is 0 Å². The molecule has 0 atom stereocenters. The predicted molar refractivity (Wildman–Crippen MR) is 79.8 cm³/mol. The van der Waals surface area contributed by atoms with Crippen LogP contribution in [-0.4, -0.2) is 31.8 Å². The number of hydrogen-bond acceptors (Lipinski definition) is 6. The molecule has 0 aliphatic carbocycles. The van der Waals surface area contributed by atoms with E-state index in [4.69, 9.17) is 4.98 Å². The molecule has 0 aromatic carbocycles. The van der Waals surface area contributed by atoms with E-state index in [1.165, 1.54) is 0 Å². The molecule has 108 valence electrons. The van der Waals surface area contributed by atoms with Crippen molar-refractivity contribution >= 4 is 16.5 Å². The smallest absolute Gasteiger partial charge is 0.186 e. The molecule has 0 amide bonds. The minimum atomic E-state index is 0.116. The van der Waals surface area contributed by atoms with Crippen LogP contribution >= 0.6 is 11.3 Å². The highest BCUT2D eigenvalue weighted by Gasteiger charge is 2.20. The van der Waals surface area contributed by atoms with E-state index < -0.39 is 0 Å². The van der Waals surface area contributed by atoms with E-state index in [0.29, 0.717) is 0 Å². The fraction of sp³-hybridized carbons (Fsp3) is 0.615. The summed E-state index contributed by atoms with van der Waals surface area (Å²) >= 11 is 1.70. The summed E-state index contributed by atoms with van der Waals surface area (Å²) in [7, 11) is 0. The highest BCUT2D eigenvalue weighted by atomic mass is 32.1. The minimum absolute atomic E-state index is 0.116. The molecule has 0 fully saturated rings. The third-order valence-electron chi connectivity index (χ3n) is 3.25. The first-order valence-corrected chi connectivity index (χ1v) is 7.70. The van der Waals surface area contributed by atoms with Crippen LogP contribution in [0.5, 0.6) is 0 Å². The standard InChI is InChI=1S/C13H20N6S/c1-13(2,3)14-6-10-8-20-12(16-10)18-4-5-19-9-15-17-11(19)7-18/h8-9,14H,4-7H2,1-3H3. The van der Waals surface area contributed by atoms with E-state index in [0.717, 1.165) is 42.8 Å². The average Bonchev–Trinajstić information content (AvgIpc) is 3.03. The maximum absolute atomic E-state index is 4.72. The van der Waals surface area contributed by atoms with Gasteiger partial charge in [0.2, 0.25) is 0 Å². The van der Waals surface area contributed by atoms with E-state index >= 15 is 0 Å². The first kappa shape index (κ1) is 13.5. The van der Waals surface area contributed by atoms with Gasteiger partial charge in [0.05, 0.1) is 12.2 Å². The number of nitrogens with zero attached hydrogens (tertiary/aromatic N) is 5. The van der Waals surface area contributed by atoms with Gasteiger partial charge in [-0.3, -0.25) is 0 Å². The van der Waals surface area contributed by atoms with Crippen molar-refractivity contribution in [3.05, 3.63) is 23.2 Å². The third-order valence-corrected chi connectivity index (χ3v) is 4.20. The summed E-state index contributed by atoms with van der Waals surface area (Å²) in [4.78, 5) is 6.99. The maximum Gasteiger partial charge on any atom is 0.186 e. The summed E-state index contributed by atoms with van der Waals surface area (Å²) in [5.74, 6) is 1.01. The Hall–Kier alpha value is -1.47. The van der Waals surface area contributed by atoms with Crippen LogP contribution in [-0.2, 0) is 19.6 Å². The largest absolute Gasteiger partial charge is 0.339 e. The number of nitrogens with one attached hydrogen (secondary N) is 1. The Morgan fingerprint density at radius 2 is 2.20 bits per heavy atom. The molecule has 0 bridgehead atoms. The molecule has 1 N–H and O–H groups in total. The van der Waals surface area contributed by atoms with Crippen LogP contribution in [0.4, 0.5) is 5.13 Å². The molecule has 20 heavy (non-hydrogen) atoms. The second-order valence-corrected chi connectivity index (χ2v) is 6.92. The molecule has 0 spiro atoms. The summed E-state index contributed by atoms with van der Waals surface area (Å²) in [5, 5.41) is 14.8. The van der Waals surface area contributed by atoms with Gasteiger partial charge >= 0.3 is 0 Å². The fourth-order valence-electron chi connectivity index (χ4n) is 2.11. The van der Waals surface area contributed by atoms with E-state index in [-0.39, 0.29) is 5.54 Å². The van der Waals surface area contributed by atoms with Gasteiger partial charge in [0.1, 0.15) is 6.33 Å². The predicted octanol–water partition coefficient (Wildman–Crippen LogP) is 1.64. The lowest BCUT2D eigenvalue weighted by Gasteiger charge is -2.26. The molecule has 2 aromatic heterocycles. The van der Waals surface area contributed by atoms with Gasteiger partial charge in [-0.2, -0.15) is 0 Å². The molecule has 0 radical (unpaired) electrons. The molecular formula is C13H20N6S. The second kappa shape index (κ2) is 5.14. The van der Waals surface area contributed by atoms with Crippen LogP contribution in [0.3, 0.4) is 0 Å². The highest BCUT2D eigenvalue weighted by molar-refractivity contribution is 7.13. The summed E-state index contributed by atoms with van der Waals surface area (Å²) in [6, 6.07) is 0. The summed E-state index contributed by atoms with van der Waals surface area (Å²) in [6.07, 6.45) is 1.80. The molecule has 0 unspecified atom stereocenters. The van der Waals surface area contributed by atoms with Gasteiger partial charge in [0.15, 0.2) is 11.0 Å². The van der Waals surface area contributed by atoms with Crippen LogP contribution in [0.15, 0.2) is 11.7 Å². The van der Waals surface area contributed by atoms with Gasteiger partial charge in [-0.25, -0.2) is 4.98 Å². The van der Waals surface area contributed by atoms with Crippen molar-refractivity contribution in [2.24, 2.45) is 0 Å². The number of anilines is 1. The first-order valence-electron chi connectivity index (χ1n) is 6.82. The summed E-state index contributed by atoms with van der Waals surface area (Å²) in [5.41, 5.74) is 1.22. The molecule has 0 saturated carbocycles. The molecular weight excluding hydrogens is 272 g/mol. The van der Waals surface area contributed by atoms with Gasteiger partial charge < -0.3 is 14.8 Å². The third kappa shape index (κ3) is 2.99. The number of hydrogen-bond donors (Lipinski definition) is 1. The molecule has 0 saturated heterocycles. The second-order valence-electron chi connectivity index (χ2n) is 6.09. The van der Waals surface area contributed by atoms with Gasteiger partial charge in [-0.05, 0) is 20.8 Å². The lowest BCUT2D eigenvalue weighted by atomic mass is 10.1. The van der Waals surface area contributed by atoms with Crippen molar-refractivity contribution in [3.63, 3.8) is 0 Å². The lowest BCUT2D eigenvalue weighted by Crippen LogP contribution is -2.35. The lowest BCUT2D eigenvalue weighted by molar-refractivity contribution is 0.421. The van der Waals surface area contributed by atoms with Crippen LogP contribution in [0, 0.1) is 0 Å². The zero-order valence-electron chi connectivity index (χ0n) is 12.1. The van der Waals surface area contributed by atoms with Crippen LogP contribution in [0.1, 0.15) is 32.3 Å². The maximum atomic E-state index is 4.72. The van der Waals surface area contributed by atoms with E-state index in [9.17, 15) is 0 Å². The average molecular weight is 292 g/mol. The molecule has 3 rings (SSSR count). The Morgan fingerprint density at radius 3 is 3.00 bits per heavy atom. The quantitative estimate of drug-likeness (QED) is 0.932. The van der Waals surface area contributed by atoms with Crippen molar-refractivity contribution in [1.82, 2.24) is 25.1 Å². The van der Waals surface area contributed by atoms with E-state index in [1.807, 2.05) is 0 Å². The Morgan fingerprint density at radius 1 is 1.35 bits per heavy atom. The zero-order chi connectivity index (χ0) is 14.2. The van der Waals surface area contributed by atoms with Gasteiger partial charge in [0.25, 0.3) is 0 Å². The van der Waals surface area contributed by atoms with Crippen molar-refractivity contribution in [2.75, 3.05) is 11.4 Å². The molecule has 2 aromatic rings. The molecule has 6 nitrogen and oxygen atoms in total. The van der Waals surface area contributed by atoms with Crippen LogP contribution in [0.2, 0.25) is 0 Å². The monoisotopic (exact) mass is 292 g/mol. The summed E-state index contributed by atoms with van der Waals surface area (Å²) in [6.45, 7) is 9.99. The zero-order valence-corrected chi connectivity index (χ0v) is 12.9. The topological polar surface area (TPSA) is 58.9 Å². The van der Waals surface area contributed by atoms with Crippen molar-refractivity contribution in [1.29, 1.82) is 0 Å². The Kier molecular flexibility index (Phi) is 3.47. The van der Waals surface area contributed by atoms with Crippen molar-refractivity contribution in [2.45, 2.75) is 45.9 Å². The minimum Gasteiger partial charge on any atom is -0.339 e. The Balaban J connectivity index is 1.66. The molecule has 7 heteroatoms. The molecule has 3 heterocycles. The Bertz CT molecular complexity index is 582. The summed E-state index contributed by atoms with van der Waals surface area (Å²) < 4.78 is 2.10. The van der Waals surface area contributed by atoms with Gasteiger partial charge in [-0.15, -0.1) is 21.5 Å². The van der Waals surface area contributed by atoms with Crippen LogP contribution in [0.25, 0.3) is 0 Å². The number of fused-ring (bicyclic) bond motifs is 1. The first-order chi connectivity index (χ1) is 9.51. The normalized spacial score (nSPS) is 15.4. The van der Waals surface area contributed by atoms with Crippen molar-refractivity contribution < 1.29 is 0 Å². The van der Waals surface area contributed by atoms with E-state index in [1.54, 1.807) is 17.7 Å². The van der Waals surface area contributed by atoms with E-state index in [2.05, 4.69) is 51.1 Å². The molecule has 1 aliphatic heterocycles. The van der Waals surface area contributed by atoms with Gasteiger partial charge in [-0.1, -0.05) is 0 Å². The molecule has 1 aliphatic rings. The number of rotatable bonds is 3. The highest BCUT2D eigenvalue weighted by Crippen LogP contribution is 2.24. The number of thiazole rings is 1.